The number of likely N-dealkylation sites (tertiary alicyclic amines) is 1. The molecule has 0 saturated carbocycles. The maximum Gasteiger partial charge on any atom is 0.295 e. The summed E-state index contributed by atoms with van der Waals surface area (Å²) in [4.78, 5) is 29.8. The van der Waals surface area contributed by atoms with Gasteiger partial charge >= 0.3 is 0 Å². The normalized spacial score (nSPS) is 17.8. The van der Waals surface area contributed by atoms with E-state index in [1.807, 2.05) is 50.2 Å². The van der Waals surface area contributed by atoms with E-state index in [1.165, 1.54) is 0 Å². The summed E-state index contributed by atoms with van der Waals surface area (Å²) < 4.78 is 5.54. The van der Waals surface area contributed by atoms with E-state index in [0.717, 1.165) is 24.1 Å². The molecule has 2 aromatic rings. The van der Waals surface area contributed by atoms with E-state index >= 15 is 0 Å². The Bertz CT molecular complexity index is 1050. The predicted molar refractivity (Wildman–Crippen MR) is 131 cm³/mol. The number of ketones is 1. The minimum absolute atomic E-state index is 0.0460. The van der Waals surface area contributed by atoms with Crippen molar-refractivity contribution in [3.63, 3.8) is 0 Å². The van der Waals surface area contributed by atoms with Crippen LogP contribution in [0.2, 0.25) is 5.02 Å². The van der Waals surface area contributed by atoms with E-state index < -0.39 is 17.7 Å². The fourth-order valence-corrected chi connectivity index (χ4v) is 4.24. The molecule has 3 rings (SSSR count). The Morgan fingerprint density at radius 3 is 2.42 bits per heavy atom. The average molecular weight is 471 g/mol. The van der Waals surface area contributed by atoms with Crippen molar-refractivity contribution in [1.82, 2.24) is 9.80 Å². The lowest BCUT2D eigenvalue weighted by atomic mass is 9.94. The molecule has 0 bridgehead atoms. The highest BCUT2D eigenvalue weighted by Crippen LogP contribution is 2.41. The number of carbonyl (C=O) groups excluding carboxylic acids is 2. The number of carbonyl (C=O) groups is 2. The Labute approximate surface area is 200 Å². The summed E-state index contributed by atoms with van der Waals surface area (Å²) in [6.45, 7) is 5.53. The van der Waals surface area contributed by atoms with Crippen LogP contribution in [0.1, 0.15) is 43.0 Å². The summed E-state index contributed by atoms with van der Waals surface area (Å²) in [6.07, 6.45) is 1.58. The molecule has 1 aliphatic heterocycles. The fraction of sp³-hybridized carbons (Fsp3) is 0.385. The molecule has 1 fully saturated rings. The van der Waals surface area contributed by atoms with E-state index in [2.05, 4.69) is 6.92 Å². The maximum absolute atomic E-state index is 13.2. The van der Waals surface area contributed by atoms with Gasteiger partial charge in [-0.15, -0.1) is 0 Å². The summed E-state index contributed by atoms with van der Waals surface area (Å²) in [5.41, 5.74) is 2.24. The molecule has 0 aliphatic carbocycles. The lowest BCUT2D eigenvalue weighted by molar-refractivity contribution is -0.139. The van der Waals surface area contributed by atoms with Crippen LogP contribution in [0.25, 0.3) is 5.76 Å². The van der Waals surface area contributed by atoms with E-state index in [4.69, 9.17) is 16.3 Å². The molecular weight excluding hydrogens is 440 g/mol. The largest absolute Gasteiger partial charge is 0.507 e. The van der Waals surface area contributed by atoms with Crippen molar-refractivity contribution in [2.45, 2.75) is 32.7 Å². The summed E-state index contributed by atoms with van der Waals surface area (Å²) in [5, 5.41) is 11.6. The number of hydrogen-bond acceptors (Lipinski definition) is 5. The first kappa shape index (κ1) is 24.8. The molecule has 1 unspecified atom stereocenters. The second kappa shape index (κ2) is 10.9. The number of hydrogen-bond donors (Lipinski definition) is 1. The molecule has 0 spiro atoms. The van der Waals surface area contributed by atoms with Gasteiger partial charge < -0.3 is 19.6 Å². The molecule has 2 aromatic carbocycles. The molecule has 1 N–H and O–H groups in total. The number of aliphatic hydroxyl groups excluding tert-OH is 1. The van der Waals surface area contributed by atoms with Crippen molar-refractivity contribution in [3.05, 3.63) is 69.8 Å². The SMILES string of the molecule is CCOc1ccc(Cl)c(/C(O)=C2\C(=O)C(=O)N(CCCN(C)C)C2c2ccc(CC)cc2)c1. The number of Topliss-reactive ketones (excluding diaryl/α,β-unsaturated/α-hetero) is 1. The monoisotopic (exact) mass is 470 g/mol. The molecule has 1 saturated heterocycles. The molecule has 33 heavy (non-hydrogen) atoms. The van der Waals surface area contributed by atoms with Gasteiger partial charge in [0.05, 0.1) is 23.2 Å². The highest BCUT2D eigenvalue weighted by molar-refractivity contribution is 6.47. The number of rotatable bonds is 9. The van der Waals surface area contributed by atoms with Gasteiger partial charge in [0.1, 0.15) is 11.5 Å². The number of aryl methyl sites for hydroxylation is 1. The predicted octanol–water partition coefficient (Wildman–Crippen LogP) is 4.67. The summed E-state index contributed by atoms with van der Waals surface area (Å²) in [6, 6.07) is 12.0. The van der Waals surface area contributed by atoms with E-state index in [-0.39, 0.29) is 21.9 Å². The van der Waals surface area contributed by atoms with Gasteiger partial charge in [-0.05, 0) is 69.7 Å². The summed E-state index contributed by atoms with van der Waals surface area (Å²) in [5.74, 6) is -1.09. The van der Waals surface area contributed by atoms with Crippen molar-refractivity contribution in [2.24, 2.45) is 0 Å². The van der Waals surface area contributed by atoms with Gasteiger partial charge in [-0.25, -0.2) is 0 Å². The van der Waals surface area contributed by atoms with E-state index in [0.29, 0.717) is 25.3 Å². The van der Waals surface area contributed by atoms with Crippen molar-refractivity contribution in [1.29, 1.82) is 0 Å². The Kier molecular flexibility index (Phi) is 8.16. The summed E-state index contributed by atoms with van der Waals surface area (Å²) >= 11 is 6.38. The topological polar surface area (TPSA) is 70.1 Å². The van der Waals surface area contributed by atoms with Crippen LogP contribution in [0.3, 0.4) is 0 Å². The van der Waals surface area contributed by atoms with Gasteiger partial charge in [-0.3, -0.25) is 9.59 Å². The molecular formula is C26H31ClN2O4. The molecule has 1 aliphatic rings. The molecule has 0 radical (unpaired) electrons. The Balaban J connectivity index is 2.12. The van der Waals surface area contributed by atoms with Gasteiger partial charge in [0.15, 0.2) is 0 Å². The van der Waals surface area contributed by atoms with Crippen molar-refractivity contribution >= 4 is 29.1 Å². The number of benzene rings is 2. The van der Waals surface area contributed by atoms with Crippen molar-refractivity contribution in [3.8, 4) is 5.75 Å². The number of aliphatic hydroxyl groups is 1. The fourth-order valence-electron chi connectivity index (χ4n) is 4.04. The highest BCUT2D eigenvalue weighted by atomic mass is 35.5. The van der Waals surface area contributed by atoms with Crippen LogP contribution < -0.4 is 4.74 Å². The number of amides is 1. The van der Waals surface area contributed by atoms with Gasteiger partial charge in [-0.1, -0.05) is 42.8 Å². The van der Waals surface area contributed by atoms with Crippen LogP contribution in [0, 0.1) is 0 Å². The van der Waals surface area contributed by atoms with Gasteiger partial charge in [0.2, 0.25) is 0 Å². The van der Waals surface area contributed by atoms with Crippen molar-refractivity contribution < 1.29 is 19.4 Å². The lowest BCUT2D eigenvalue weighted by Crippen LogP contribution is -2.32. The van der Waals surface area contributed by atoms with Gasteiger partial charge in [-0.2, -0.15) is 0 Å². The Morgan fingerprint density at radius 1 is 1.12 bits per heavy atom. The van der Waals surface area contributed by atoms with Crippen molar-refractivity contribution in [2.75, 3.05) is 33.8 Å². The quantitative estimate of drug-likeness (QED) is 0.327. The van der Waals surface area contributed by atoms with Crippen LogP contribution >= 0.6 is 11.6 Å². The molecule has 1 heterocycles. The third-order valence-corrected chi connectivity index (χ3v) is 6.08. The van der Waals surface area contributed by atoms with Crippen LogP contribution in [0.4, 0.5) is 0 Å². The molecule has 7 heteroatoms. The Morgan fingerprint density at radius 2 is 1.82 bits per heavy atom. The first-order valence-electron chi connectivity index (χ1n) is 11.2. The van der Waals surface area contributed by atoms with E-state index in [1.54, 1.807) is 23.1 Å². The third kappa shape index (κ3) is 5.40. The van der Waals surface area contributed by atoms with Gasteiger partial charge in [0, 0.05) is 12.1 Å². The molecule has 0 aromatic heterocycles. The lowest BCUT2D eigenvalue weighted by Gasteiger charge is -2.26. The zero-order chi connectivity index (χ0) is 24.1. The smallest absolute Gasteiger partial charge is 0.295 e. The zero-order valence-electron chi connectivity index (χ0n) is 19.6. The summed E-state index contributed by atoms with van der Waals surface area (Å²) in [7, 11) is 3.92. The molecule has 1 atom stereocenters. The first-order valence-corrected chi connectivity index (χ1v) is 11.6. The minimum atomic E-state index is -0.709. The number of ether oxygens (including phenoxy) is 1. The molecule has 6 nitrogen and oxygen atoms in total. The standard InChI is InChI=1S/C26H31ClN2O4/c1-5-17-8-10-18(11-9-17)23-22(25(31)26(32)29(23)15-7-14-28(3)4)24(30)20-16-19(33-6-2)12-13-21(20)27/h8-13,16,23,30H,5-7,14-15H2,1-4H3/b24-22+. The average Bonchev–Trinajstić information content (AvgIpc) is 3.05. The van der Waals surface area contributed by atoms with Crippen LogP contribution in [-0.2, 0) is 16.0 Å². The molecule has 176 valence electrons. The maximum atomic E-state index is 13.2. The van der Waals surface area contributed by atoms with Crippen LogP contribution in [0.5, 0.6) is 5.75 Å². The number of halogens is 1. The Hall–Kier alpha value is -2.83. The second-order valence-corrected chi connectivity index (χ2v) is 8.73. The molecule has 1 amide bonds. The van der Waals surface area contributed by atoms with Crippen LogP contribution in [0.15, 0.2) is 48.0 Å². The highest BCUT2D eigenvalue weighted by Gasteiger charge is 2.46. The number of nitrogens with zero attached hydrogens (tertiary/aromatic N) is 2. The third-order valence-electron chi connectivity index (χ3n) is 5.75. The second-order valence-electron chi connectivity index (χ2n) is 8.32. The zero-order valence-corrected chi connectivity index (χ0v) is 20.4. The van der Waals surface area contributed by atoms with Gasteiger partial charge in [0.25, 0.3) is 11.7 Å². The minimum Gasteiger partial charge on any atom is -0.507 e. The first-order chi connectivity index (χ1) is 15.8. The van der Waals surface area contributed by atoms with Crippen LogP contribution in [-0.4, -0.2) is 60.4 Å². The van der Waals surface area contributed by atoms with E-state index in [9.17, 15) is 14.7 Å².